The molecule has 2 rings (SSSR count). The molecule has 2 aliphatic heterocycles. The van der Waals surface area contributed by atoms with Gasteiger partial charge in [-0.05, 0) is 32.2 Å². The van der Waals surface area contributed by atoms with Gasteiger partial charge in [-0.3, -0.25) is 9.74 Å². The maximum Gasteiger partial charge on any atom is 0.0914 e. The molecule has 0 aromatic heterocycles. The second-order valence-electron chi connectivity index (χ2n) is 4.29. The monoisotopic (exact) mass is 200 g/mol. The minimum absolute atomic E-state index is 0.227. The predicted octanol–water partition coefficient (Wildman–Crippen LogP) is 0.520. The summed E-state index contributed by atoms with van der Waals surface area (Å²) < 4.78 is 5.61. The molecule has 2 aliphatic rings. The highest BCUT2D eigenvalue weighted by Crippen LogP contribution is 2.17. The fraction of sp³-hybridized carbons (Fsp3) is 1.00. The Kier molecular flexibility index (Phi) is 3.75. The van der Waals surface area contributed by atoms with E-state index in [-0.39, 0.29) is 6.10 Å². The number of hydrogen-bond acceptors (Lipinski definition) is 4. The summed E-state index contributed by atoms with van der Waals surface area (Å²) in [7, 11) is 0. The fourth-order valence-electron chi connectivity index (χ4n) is 2.37. The Morgan fingerprint density at radius 1 is 1.36 bits per heavy atom. The van der Waals surface area contributed by atoms with E-state index in [4.69, 9.17) is 15.5 Å². The Morgan fingerprint density at radius 3 is 3.00 bits per heavy atom. The first kappa shape index (κ1) is 10.4. The minimum atomic E-state index is 0.227. The quantitative estimate of drug-likeness (QED) is 0.675. The molecule has 4 heteroatoms. The van der Waals surface area contributed by atoms with Crippen LogP contribution in [0.2, 0.25) is 0 Å². The zero-order valence-corrected chi connectivity index (χ0v) is 8.65. The van der Waals surface area contributed by atoms with Crippen LogP contribution in [0.15, 0.2) is 0 Å². The van der Waals surface area contributed by atoms with Gasteiger partial charge in [0.25, 0.3) is 0 Å². The Balaban J connectivity index is 1.73. The van der Waals surface area contributed by atoms with Crippen molar-refractivity contribution in [1.29, 1.82) is 0 Å². The van der Waals surface area contributed by atoms with Crippen molar-refractivity contribution in [1.82, 2.24) is 4.90 Å². The SMILES string of the molecule is NOC1CCCN(CC2CCCO2)C1. The molecule has 4 nitrogen and oxygen atoms in total. The van der Waals surface area contributed by atoms with E-state index in [1.807, 2.05) is 0 Å². The van der Waals surface area contributed by atoms with E-state index in [1.54, 1.807) is 0 Å². The summed E-state index contributed by atoms with van der Waals surface area (Å²) in [6.45, 7) is 4.13. The zero-order valence-electron chi connectivity index (χ0n) is 8.65. The first-order valence-electron chi connectivity index (χ1n) is 5.58. The van der Waals surface area contributed by atoms with Gasteiger partial charge in [0, 0.05) is 19.7 Å². The van der Waals surface area contributed by atoms with Crippen LogP contribution in [0.4, 0.5) is 0 Å². The highest BCUT2D eigenvalue weighted by molar-refractivity contribution is 4.77. The topological polar surface area (TPSA) is 47.7 Å². The summed E-state index contributed by atoms with van der Waals surface area (Å²) in [6.07, 6.45) is 5.39. The van der Waals surface area contributed by atoms with Gasteiger partial charge in [-0.25, -0.2) is 5.90 Å². The van der Waals surface area contributed by atoms with Gasteiger partial charge in [0.2, 0.25) is 0 Å². The van der Waals surface area contributed by atoms with Crippen molar-refractivity contribution in [2.75, 3.05) is 26.2 Å². The molecule has 2 fully saturated rings. The maximum absolute atomic E-state index is 5.61. The Morgan fingerprint density at radius 2 is 2.29 bits per heavy atom. The lowest BCUT2D eigenvalue weighted by Crippen LogP contribution is -2.43. The van der Waals surface area contributed by atoms with Gasteiger partial charge < -0.3 is 4.74 Å². The van der Waals surface area contributed by atoms with Gasteiger partial charge in [-0.2, -0.15) is 0 Å². The zero-order chi connectivity index (χ0) is 9.80. The second kappa shape index (κ2) is 5.07. The Bertz CT molecular complexity index is 172. The summed E-state index contributed by atoms with van der Waals surface area (Å²) in [5.41, 5.74) is 0. The van der Waals surface area contributed by atoms with Gasteiger partial charge in [0.1, 0.15) is 0 Å². The predicted molar refractivity (Wildman–Crippen MR) is 53.7 cm³/mol. The molecule has 0 radical (unpaired) electrons. The van der Waals surface area contributed by atoms with Crippen molar-refractivity contribution in [3.63, 3.8) is 0 Å². The van der Waals surface area contributed by atoms with E-state index in [2.05, 4.69) is 4.90 Å². The molecule has 0 spiro atoms. The first-order valence-corrected chi connectivity index (χ1v) is 5.58. The number of hydrogen-bond donors (Lipinski definition) is 1. The molecular formula is C10H20N2O2. The summed E-state index contributed by atoms with van der Waals surface area (Å²) in [5, 5.41) is 0. The third-order valence-corrected chi connectivity index (χ3v) is 3.14. The molecule has 2 saturated heterocycles. The van der Waals surface area contributed by atoms with Crippen molar-refractivity contribution >= 4 is 0 Å². The van der Waals surface area contributed by atoms with E-state index in [0.717, 1.165) is 26.1 Å². The molecule has 0 aromatic carbocycles. The maximum atomic E-state index is 5.61. The number of nitrogens with zero attached hydrogens (tertiary/aromatic N) is 1. The second-order valence-corrected chi connectivity index (χ2v) is 4.29. The summed E-state index contributed by atoms with van der Waals surface area (Å²) in [6, 6.07) is 0. The van der Waals surface area contributed by atoms with Crippen LogP contribution >= 0.6 is 0 Å². The average Bonchev–Trinajstić information content (AvgIpc) is 2.71. The van der Waals surface area contributed by atoms with Crippen molar-refractivity contribution in [2.24, 2.45) is 5.90 Å². The van der Waals surface area contributed by atoms with Gasteiger partial charge in [-0.15, -0.1) is 0 Å². The van der Waals surface area contributed by atoms with Crippen molar-refractivity contribution in [3.05, 3.63) is 0 Å². The molecule has 2 unspecified atom stereocenters. The van der Waals surface area contributed by atoms with Crippen LogP contribution < -0.4 is 5.90 Å². The van der Waals surface area contributed by atoms with Crippen LogP contribution in [0.25, 0.3) is 0 Å². The summed E-state index contributed by atoms with van der Waals surface area (Å²) >= 11 is 0. The number of rotatable bonds is 3. The van der Waals surface area contributed by atoms with Crippen LogP contribution in [0.1, 0.15) is 25.7 Å². The standard InChI is InChI=1S/C10H20N2O2/c11-14-10-3-1-5-12(8-10)7-9-4-2-6-13-9/h9-10H,1-8,11H2. The summed E-state index contributed by atoms with van der Waals surface area (Å²) in [4.78, 5) is 7.32. The largest absolute Gasteiger partial charge is 0.377 e. The molecule has 2 atom stereocenters. The molecule has 2 heterocycles. The normalized spacial score (nSPS) is 34.9. The third kappa shape index (κ3) is 2.67. The molecule has 0 aromatic rings. The van der Waals surface area contributed by atoms with Crippen molar-refractivity contribution in [2.45, 2.75) is 37.9 Å². The van der Waals surface area contributed by atoms with E-state index in [1.165, 1.54) is 25.8 Å². The van der Waals surface area contributed by atoms with Crippen LogP contribution in [-0.4, -0.2) is 43.3 Å². The van der Waals surface area contributed by atoms with Crippen molar-refractivity contribution < 1.29 is 9.57 Å². The van der Waals surface area contributed by atoms with Crippen LogP contribution in [0, 0.1) is 0 Å². The van der Waals surface area contributed by atoms with E-state index in [0.29, 0.717) is 6.10 Å². The van der Waals surface area contributed by atoms with Gasteiger partial charge in [0.05, 0.1) is 12.2 Å². The minimum Gasteiger partial charge on any atom is -0.377 e. The van der Waals surface area contributed by atoms with Gasteiger partial charge in [0.15, 0.2) is 0 Å². The molecule has 82 valence electrons. The molecule has 0 saturated carbocycles. The van der Waals surface area contributed by atoms with Crippen molar-refractivity contribution in [3.8, 4) is 0 Å². The molecule has 14 heavy (non-hydrogen) atoms. The van der Waals surface area contributed by atoms with Gasteiger partial charge >= 0.3 is 0 Å². The molecule has 0 bridgehead atoms. The average molecular weight is 200 g/mol. The lowest BCUT2D eigenvalue weighted by Gasteiger charge is -2.32. The lowest BCUT2D eigenvalue weighted by molar-refractivity contribution is -0.0164. The van der Waals surface area contributed by atoms with Gasteiger partial charge in [-0.1, -0.05) is 0 Å². The number of piperidine rings is 1. The Hall–Kier alpha value is -0.160. The Labute approximate surface area is 85.3 Å². The van der Waals surface area contributed by atoms with E-state index < -0.39 is 0 Å². The number of likely N-dealkylation sites (tertiary alicyclic amines) is 1. The van der Waals surface area contributed by atoms with Crippen LogP contribution in [-0.2, 0) is 9.57 Å². The smallest absolute Gasteiger partial charge is 0.0914 e. The third-order valence-electron chi connectivity index (χ3n) is 3.14. The van der Waals surface area contributed by atoms with Crippen LogP contribution in [0.5, 0.6) is 0 Å². The molecule has 0 aliphatic carbocycles. The number of ether oxygens (including phenoxy) is 1. The highest BCUT2D eigenvalue weighted by atomic mass is 16.6. The summed E-state index contributed by atoms with van der Waals surface area (Å²) in [5.74, 6) is 5.22. The van der Waals surface area contributed by atoms with E-state index >= 15 is 0 Å². The van der Waals surface area contributed by atoms with E-state index in [9.17, 15) is 0 Å². The molecule has 2 N–H and O–H groups in total. The molecule has 0 amide bonds. The highest BCUT2D eigenvalue weighted by Gasteiger charge is 2.24. The first-order chi connectivity index (χ1) is 6.88. The lowest BCUT2D eigenvalue weighted by atomic mass is 10.1. The fourth-order valence-corrected chi connectivity index (χ4v) is 2.37. The van der Waals surface area contributed by atoms with Crippen LogP contribution in [0.3, 0.4) is 0 Å². The molecular weight excluding hydrogens is 180 g/mol. The number of nitrogens with two attached hydrogens (primary N) is 1.